The highest BCUT2D eigenvalue weighted by Gasteiger charge is 2.20. The standard InChI is InChI=1S/C17H20ClFN2/c1-11(20)15-5-4-6-16(19)17(15)21(3)12(2)13-7-9-14(18)10-8-13/h4-12H,20H2,1-3H3/t11-,12?/m0/s1. The number of nitrogens with zero attached hydrogens (tertiary/aromatic N) is 1. The lowest BCUT2D eigenvalue weighted by molar-refractivity contribution is 0.604. The van der Waals surface area contributed by atoms with E-state index in [-0.39, 0.29) is 17.9 Å². The van der Waals surface area contributed by atoms with E-state index in [0.717, 1.165) is 11.1 Å². The van der Waals surface area contributed by atoms with Crippen molar-refractivity contribution in [2.75, 3.05) is 11.9 Å². The number of rotatable bonds is 4. The first-order chi connectivity index (χ1) is 9.91. The van der Waals surface area contributed by atoms with Crippen LogP contribution in [-0.2, 0) is 0 Å². The van der Waals surface area contributed by atoms with Gasteiger partial charge in [-0.2, -0.15) is 0 Å². The van der Waals surface area contributed by atoms with Crippen LogP contribution in [0.4, 0.5) is 10.1 Å². The van der Waals surface area contributed by atoms with Crippen molar-refractivity contribution in [1.29, 1.82) is 0 Å². The van der Waals surface area contributed by atoms with E-state index in [9.17, 15) is 4.39 Å². The lowest BCUT2D eigenvalue weighted by Crippen LogP contribution is -2.25. The maximum atomic E-state index is 14.3. The number of anilines is 1. The van der Waals surface area contributed by atoms with Gasteiger partial charge in [0.25, 0.3) is 0 Å². The third-order valence-corrected chi connectivity index (χ3v) is 4.05. The molecule has 112 valence electrons. The maximum absolute atomic E-state index is 14.3. The molecule has 2 nitrogen and oxygen atoms in total. The molecular formula is C17H20ClFN2. The van der Waals surface area contributed by atoms with Crippen LogP contribution in [0, 0.1) is 5.82 Å². The van der Waals surface area contributed by atoms with Crippen LogP contribution in [0.25, 0.3) is 0 Å². The first kappa shape index (κ1) is 15.8. The van der Waals surface area contributed by atoms with Crippen LogP contribution in [0.1, 0.15) is 37.1 Å². The summed E-state index contributed by atoms with van der Waals surface area (Å²) in [5, 5.41) is 0.691. The average Bonchev–Trinajstić information content (AvgIpc) is 2.46. The maximum Gasteiger partial charge on any atom is 0.146 e. The minimum Gasteiger partial charge on any atom is -0.365 e. The second-order valence-corrected chi connectivity index (χ2v) is 5.74. The third-order valence-electron chi connectivity index (χ3n) is 3.79. The second kappa shape index (κ2) is 6.46. The first-order valence-corrected chi connectivity index (χ1v) is 7.32. The zero-order valence-electron chi connectivity index (χ0n) is 12.5. The van der Waals surface area contributed by atoms with Crippen molar-refractivity contribution in [3.05, 3.63) is 64.4 Å². The highest BCUT2D eigenvalue weighted by atomic mass is 35.5. The van der Waals surface area contributed by atoms with Gasteiger partial charge in [0.1, 0.15) is 5.82 Å². The van der Waals surface area contributed by atoms with Crippen molar-refractivity contribution < 1.29 is 4.39 Å². The molecule has 0 radical (unpaired) electrons. The number of benzene rings is 2. The monoisotopic (exact) mass is 306 g/mol. The van der Waals surface area contributed by atoms with Crippen LogP contribution < -0.4 is 10.6 Å². The molecule has 2 aromatic rings. The Morgan fingerprint density at radius 3 is 2.29 bits per heavy atom. The van der Waals surface area contributed by atoms with Gasteiger partial charge in [-0.1, -0.05) is 35.9 Å². The van der Waals surface area contributed by atoms with Gasteiger partial charge in [-0.25, -0.2) is 4.39 Å². The minimum absolute atomic E-state index is 0.0108. The highest BCUT2D eigenvalue weighted by Crippen LogP contribution is 2.33. The molecule has 0 fully saturated rings. The molecule has 0 bridgehead atoms. The molecule has 0 heterocycles. The third kappa shape index (κ3) is 3.36. The Morgan fingerprint density at radius 1 is 1.10 bits per heavy atom. The van der Waals surface area contributed by atoms with Gasteiger partial charge < -0.3 is 10.6 Å². The summed E-state index contributed by atoms with van der Waals surface area (Å²) in [7, 11) is 1.88. The summed E-state index contributed by atoms with van der Waals surface area (Å²) in [4.78, 5) is 1.91. The molecule has 2 rings (SSSR count). The SMILES string of the molecule is CC(c1ccc(Cl)cc1)N(C)c1c(F)cccc1[C@H](C)N. The fourth-order valence-corrected chi connectivity index (χ4v) is 2.56. The number of halogens is 2. The number of nitrogens with two attached hydrogens (primary N) is 1. The smallest absolute Gasteiger partial charge is 0.146 e. The summed E-state index contributed by atoms with van der Waals surface area (Å²) in [5.41, 5.74) is 8.39. The fourth-order valence-electron chi connectivity index (χ4n) is 2.43. The zero-order chi connectivity index (χ0) is 15.6. The van der Waals surface area contributed by atoms with E-state index in [2.05, 4.69) is 0 Å². The van der Waals surface area contributed by atoms with E-state index in [1.807, 2.05) is 56.1 Å². The summed E-state index contributed by atoms with van der Waals surface area (Å²) in [6, 6.07) is 12.4. The lowest BCUT2D eigenvalue weighted by atomic mass is 10.0. The van der Waals surface area contributed by atoms with Crippen LogP contribution in [0.15, 0.2) is 42.5 Å². The molecular weight excluding hydrogens is 287 g/mol. The van der Waals surface area contributed by atoms with Gasteiger partial charge in [0, 0.05) is 18.1 Å². The topological polar surface area (TPSA) is 29.3 Å². The molecule has 0 amide bonds. The van der Waals surface area contributed by atoms with Crippen LogP contribution in [0.2, 0.25) is 5.02 Å². The highest BCUT2D eigenvalue weighted by molar-refractivity contribution is 6.30. The summed E-state index contributed by atoms with van der Waals surface area (Å²) in [5.74, 6) is -0.256. The molecule has 0 aliphatic rings. The number of hydrogen-bond acceptors (Lipinski definition) is 2. The molecule has 1 unspecified atom stereocenters. The van der Waals surface area contributed by atoms with Gasteiger partial charge in [-0.3, -0.25) is 0 Å². The van der Waals surface area contributed by atoms with Gasteiger partial charge in [0.2, 0.25) is 0 Å². The predicted molar refractivity (Wildman–Crippen MR) is 87.3 cm³/mol. The van der Waals surface area contributed by atoms with Crippen molar-refractivity contribution in [3.8, 4) is 0 Å². The summed E-state index contributed by atoms with van der Waals surface area (Å²) >= 11 is 5.91. The van der Waals surface area contributed by atoms with Crippen molar-refractivity contribution in [1.82, 2.24) is 0 Å². The quantitative estimate of drug-likeness (QED) is 0.887. The molecule has 0 saturated heterocycles. The van der Waals surface area contributed by atoms with Gasteiger partial charge in [-0.05, 0) is 43.2 Å². The molecule has 4 heteroatoms. The molecule has 2 atom stereocenters. The van der Waals surface area contributed by atoms with E-state index in [1.165, 1.54) is 6.07 Å². The van der Waals surface area contributed by atoms with Crippen LogP contribution in [-0.4, -0.2) is 7.05 Å². The Morgan fingerprint density at radius 2 is 1.71 bits per heavy atom. The van der Waals surface area contributed by atoms with Crippen LogP contribution >= 0.6 is 11.6 Å². The van der Waals surface area contributed by atoms with E-state index < -0.39 is 0 Å². The number of para-hydroxylation sites is 1. The first-order valence-electron chi connectivity index (χ1n) is 6.94. The second-order valence-electron chi connectivity index (χ2n) is 5.30. The van der Waals surface area contributed by atoms with E-state index in [4.69, 9.17) is 17.3 Å². The number of hydrogen-bond donors (Lipinski definition) is 1. The normalized spacial score (nSPS) is 13.8. The van der Waals surface area contributed by atoms with Crippen molar-refractivity contribution in [3.63, 3.8) is 0 Å². The Hall–Kier alpha value is -1.58. The Kier molecular flexibility index (Phi) is 4.86. The van der Waals surface area contributed by atoms with Gasteiger partial charge in [-0.15, -0.1) is 0 Å². The molecule has 2 N–H and O–H groups in total. The molecule has 0 aromatic heterocycles. The summed E-state index contributed by atoms with van der Waals surface area (Å²) in [6.45, 7) is 3.89. The van der Waals surface area contributed by atoms with Gasteiger partial charge in [0.15, 0.2) is 0 Å². The largest absolute Gasteiger partial charge is 0.365 e. The molecule has 0 spiro atoms. The van der Waals surface area contributed by atoms with Crippen molar-refractivity contribution >= 4 is 17.3 Å². The molecule has 0 aliphatic heterocycles. The predicted octanol–water partition coefficient (Wildman–Crippen LogP) is 4.70. The van der Waals surface area contributed by atoms with Gasteiger partial charge in [0.05, 0.1) is 11.7 Å². The van der Waals surface area contributed by atoms with Crippen molar-refractivity contribution in [2.24, 2.45) is 5.73 Å². The molecule has 2 aromatic carbocycles. The fraction of sp³-hybridized carbons (Fsp3) is 0.294. The zero-order valence-corrected chi connectivity index (χ0v) is 13.2. The van der Waals surface area contributed by atoms with Gasteiger partial charge >= 0.3 is 0 Å². The minimum atomic E-state index is -0.256. The van der Waals surface area contributed by atoms with Crippen LogP contribution in [0.5, 0.6) is 0 Å². The Labute approximate surface area is 130 Å². The summed E-state index contributed by atoms with van der Waals surface area (Å²) < 4.78 is 14.3. The van der Waals surface area contributed by atoms with E-state index in [1.54, 1.807) is 6.07 Å². The molecule has 0 saturated carbocycles. The molecule has 21 heavy (non-hydrogen) atoms. The van der Waals surface area contributed by atoms with E-state index in [0.29, 0.717) is 10.7 Å². The average molecular weight is 307 g/mol. The summed E-state index contributed by atoms with van der Waals surface area (Å²) in [6.07, 6.45) is 0. The Bertz CT molecular complexity index is 611. The Balaban J connectivity index is 2.39. The van der Waals surface area contributed by atoms with E-state index >= 15 is 0 Å². The molecule has 0 aliphatic carbocycles. The van der Waals surface area contributed by atoms with Crippen LogP contribution in [0.3, 0.4) is 0 Å². The van der Waals surface area contributed by atoms with Crippen molar-refractivity contribution in [2.45, 2.75) is 25.9 Å². The lowest BCUT2D eigenvalue weighted by Gasteiger charge is -2.30.